The summed E-state index contributed by atoms with van der Waals surface area (Å²) in [7, 11) is 0. The van der Waals surface area contributed by atoms with Crippen LogP contribution in [0, 0.1) is 0 Å². The van der Waals surface area contributed by atoms with Gasteiger partial charge in [0, 0.05) is 37.3 Å². The van der Waals surface area contributed by atoms with Crippen molar-refractivity contribution in [2.24, 2.45) is 0 Å². The van der Waals surface area contributed by atoms with Crippen LogP contribution in [0.2, 0.25) is 0 Å². The molecule has 35 heavy (non-hydrogen) atoms. The lowest BCUT2D eigenvalue weighted by molar-refractivity contribution is -0.128. The van der Waals surface area contributed by atoms with E-state index in [9.17, 15) is 9.59 Å². The van der Waals surface area contributed by atoms with Crippen LogP contribution >= 0.6 is 11.8 Å². The maximum Gasteiger partial charge on any atom is 0.251 e. The van der Waals surface area contributed by atoms with Crippen LogP contribution in [0.1, 0.15) is 45.3 Å². The predicted octanol–water partition coefficient (Wildman–Crippen LogP) is 4.94. The van der Waals surface area contributed by atoms with Crippen molar-refractivity contribution in [1.82, 2.24) is 10.2 Å². The normalized spacial score (nSPS) is 19.5. The Labute approximate surface area is 210 Å². The summed E-state index contributed by atoms with van der Waals surface area (Å²) in [6, 6.07) is 28.2. The Kier molecular flexibility index (Phi) is 7.21. The molecule has 0 bridgehead atoms. The van der Waals surface area contributed by atoms with Crippen LogP contribution in [-0.2, 0) is 21.5 Å². The van der Waals surface area contributed by atoms with Crippen LogP contribution < -0.4 is 5.32 Å². The molecule has 2 aliphatic heterocycles. The number of benzene rings is 3. The van der Waals surface area contributed by atoms with E-state index in [-0.39, 0.29) is 22.6 Å². The highest BCUT2D eigenvalue weighted by molar-refractivity contribution is 8.00. The molecule has 180 valence electrons. The third-order valence-corrected chi connectivity index (χ3v) is 8.30. The lowest BCUT2D eigenvalue weighted by atomic mass is 9.74. The van der Waals surface area contributed by atoms with Gasteiger partial charge in [-0.05, 0) is 41.7 Å². The summed E-state index contributed by atoms with van der Waals surface area (Å²) in [5, 5.41) is 3.14. The Morgan fingerprint density at radius 3 is 2.29 bits per heavy atom. The van der Waals surface area contributed by atoms with Gasteiger partial charge in [0.15, 0.2) is 0 Å². The number of hydrogen-bond acceptors (Lipinski definition) is 4. The molecule has 2 saturated heterocycles. The number of rotatable bonds is 7. The molecular formula is C29H30N2O3S. The van der Waals surface area contributed by atoms with Crippen molar-refractivity contribution in [3.8, 4) is 0 Å². The molecule has 1 atom stereocenters. The summed E-state index contributed by atoms with van der Waals surface area (Å²) >= 11 is 1.64. The summed E-state index contributed by atoms with van der Waals surface area (Å²) in [6.07, 6.45) is 1.78. The number of nitrogens with zero attached hydrogens (tertiary/aromatic N) is 1. The molecule has 5 nitrogen and oxygen atoms in total. The molecular weight excluding hydrogens is 456 g/mol. The van der Waals surface area contributed by atoms with E-state index in [0.717, 1.165) is 24.0 Å². The van der Waals surface area contributed by atoms with Crippen LogP contribution in [0.15, 0.2) is 84.9 Å². The van der Waals surface area contributed by atoms with Crippen molar-refractivity contribution >= 4 is 23.6 Å². The maximum absolute atomic E-state index is 13.0. The fourth-order valence-corrected chi connectivity index (χ4v) is 6.14. The van der Waals surface area contributed by atoms with E-state index < -0.39 is 0 Å². The molecule has 0 unspecified atom stereocenters. The van der Waals surface area contributed by atoms with Crippen molar-refractivity contribution in [3.05, 3.63) is 107 Å². The predicted molar refractivity (Wildman–Crippen MR) is 139 cm³/mol. The number of nitrogens with one attached hydrogen (secondary N) is 1. The number of carbonyl (C=O) groups is 2. The molecule has 0 saturated carbocycles. The van der Waals surface area contributed by atoms with Gasteiger partial charge in [0.1, 0.15) is 5.37 Å². The molecule has 2 amide bonds. The van der Waals surface area contributed by atoms with E-state index in [4.69, 9.17) is 4.74 Å². The highest BCUT2D eigenvalue weighted by Crippen LogP contribution is 2.39. The third kappa shape index (κ3) is 5.29. The van der Waals surface area contributed by atoms with Crippen LogP contribution in [0.5, 0.6) is 0 Å². The van der Waals surface area contributed by atoms with Crippen LogP contribution in [-0.4, -0.2) is 42.2 Å². The molecule has 2 heterocycles. The van der Waals surface area contributed by atoms with E-state index in [0.29, 0.717) is 37.6 Å². The summed E-state index contributed by atoms with van der Waals surface area (Å²) in [5.41, 5.74) is 3.94. The Morgan fingerprint density at radius 2 is 1.60 bits per heavy atom. The van der Waals surface area contributed by atoms with Gasteiger partial charge >= 0.3 is 0 Å². The standard InChI is InChI=1S/C29H30N2O3S/c32-26-20-35-28(31(26)19-22-7-3-1-4-8-22)24-13-11-23(12-14-24)27(33)30-21-29(15-17-34-18-16-29)25-9-5-2-6-10-25/h1-14,28H,15-21H2,(H,30,33)/t28-/m1/s1. The molecule has 2 aliphatic rings. The van der Waals surface area contributed by atoms with E-state index >= 15 is 0 Å². The minimum absolute atomic E-state index is 0.0385. The Bertz CT molecular complexity index is 1150. The largest absolute Gasteiger partial charge is 0.381 e. The zero-order valence-electron chi connectivity index (χ0n) is 19.7. The van der Waals surface area contributed by atoms with E-state index in [1.165, 1.54) is 5.56 Å². The van der Waals surface area contributed by atoms with E-state index in [1.54, 1.807) is 11.8 Å². The fraction of sp³-hybridized carbons (Fsp3) is 0.310. The zero-order chi connectivity index (χ0) is 24.1. The monoisotopic (exact) mass is 486 g/mol. The Morgan fingerprint density at radius 1 is 0.943 bits per heavy atom. The second-order valence-corrected chi connectivity index (χ2v) is 10.3. The highest BCUT2D eigenvalue weighted by atomic mass is 32.2. The Hall–Kier alpha value is -3.09. The number of carbonyl (C=O) groups excluding carboxylic acids is 2. The van der Waals surface area contributed by atoms with Gasteiger partial charge in [-0.1, -0.05) is 72.8 Å². The molecule has 0 radical (unpaired) electrons. The molecule has 0 aliphatic carbocycles. The number of thioether (sulfide) groups is 1. The van der Waals surface area contributed by atoms with Gasteiger partial charge < -0.3 is 15.0 Å². The minimum atomic E-state index is -0.103. The summed E-state index contributed by atoms with van der Waals surface area (Å²) in [4.78, 5) is 27.5. The van der Waals surface area contributed by atoms with Gasteiger partial charge in [0.05, 0.1) is 5.75 Å². The molecule has 0 spiro atoms. The average Bonchev–Trinajstić information content (AvgIpc) is 3.28. The molecule has 6 heteroatoms. The molecule has 3 aromatic carbocycles. The van der Waals surface area contributed by atoms with Gasteiger partial charge in [0.25, 0.3) is 5.91 Å². The topological polar surface area (TPSA) is 58.6 Å². The van der Waals surface area contributed by atoms with Gasteiger partial charge in [-0.3, -0.25) is 9.59 Å². The second kappa shape index (κ2) is 10.7. The van der Waals surface area contributed by atoms with Crippen molar-refractivity contribution in [1.29, 1.82) is 0 Å². The van der Waals surface area contributed by atoms with Crippen molar-refractivity contribution in [3.63, 3.8) is 0 Å². The highest BCUT2D eigenvalue weighted by Gasteiger charge is 2.35. The van der Waals surface area contributed by atoms with Gasteiger partial charge in [-0.25, -0.2) is 0 Å². The maximum atomic E-state index is 13.0. The second-order valence-electron chi connectivity index (χ2n) is 9.23. The molecule has 1 N–H and O–H groups in total. The Balaban J connectivity index is 1.26. The average molecular weight is 487 g/mol. The lowest BCUT2D eigenvalue weighted by Gasteiger charge is -2.38. The number of ether oxygens (including phenoxy) is 1. The van der Waals surface area contributed by atoms with Crippen molar-refractivity contribution in [2.75, 3.05) is 25.5 Å². The van der Waals surface area contributed by atoms with Crippen molar-refractivity contribution in [2.45, 2.75) is 30.2 Å². The summed E-state index contributed by atoms with van der Waals surface area (Å²) < 4.78 is 5.61. The molecule has 3 aromatic rings. The minimum Gasteiger partial charge on any atom is -0.381 e. The summed E-state index contributed by atoms with van der Waals surface area (Å²) in [6.45, 7) is 2.58. The van der Waals surface area contributed by atoms with E-state index in [1.807, 2.05) is 65.6 Å². The quantitative estimate of drug-likeness (QED) is 0.514. The first-order valence-electron chi connectivity index (χ1n) is 12.1. The summed E-state index contributed by atoms with van der Waals surface area (Å²) in [5.74, 6) is 0.549. The fourth-order valence-electron chi connectivity index (χ4n) is 4.95. The SMILES string of the molecule is O=C(NCC1(c2ccccc2)CCOCC1)c1ccc([C@H]2SCC(=O)N2Cc2ccccc2)cc1. The van der Waals surface area contributed by atoms with Crippen LogP contribution in [0.25, 0.3) is 0 Å². The molecule has 5 rings (SSSR count). The smallest absolute Gasteiger partial charge is 0.251 e. The van der Waals surface area contributed by atoms with Crippen LogP contribution in [0.4, 0.5) is 0 Å². The number of hydrogen-bond donors (Lipinski definition) is 1. The third-order valence-electron chi connectivity index (χ3n) is 7.05. The van der Waals surface area contributed by atoms with Crippen molar-refractivity contribution < 1.29 is 14.3 Å². The first-order chi connectivity index (χ1) is 17.1. The van der Waals surface area contributed by atoms with Gasteiger partial charge in [-0.15, -0.1) is 11.8 Å². The van der Waals surface area contributed by atoms with Crippen LogP contribution in [0.3, 0.4) is 0 Å². The van der Waals surface area contributed by atoms with Gasteiger partial charge in [0.2, 0.25) is 5.91 Å². The molecule has 2 fully saturated rings. The number of amides is 2. The lowest BCUT2D eigenvalue weighted by Crippen LogP contribution is -2.44. The van der Waals surface area contributed by atoms with Gasteiger partial charge in [-0.2, -0.15) is 0 Å². The van der Waals surface area contributed by atoms with E-state index in [2.05, 4.69) is 29.6 Å². The first-order valence-corrected chi connectivity index (χ1v) is 13.2. The zero-order valence-corrected chi connectivity index (χ0v) is 20.5. The first kappa shape index (κ1) is 23.6. The molecule has 0 aromatic heterocycles.